The maximum absolute atomic E-state index is 12.2. The molecule has 6 heteroatoms. The number of rotatable bonds is 3. The average molecular weight is 315 g/mol. The standard InChI is InChI=1S/C14H16Cl2N2O2/c1-5-6-20-12-8-11(9(15)7-10(12)16)18(17)13(19)14(2,3)4/h1,7-8H,6,17H2,2-4H3. The van der Waals surface area contributed by atoms with Gasteiger partial charge in [0.1, 0.15) is 12.4 Å². The first kappa shape index (κ1) is 16.6. The summed E-state index contributed by atoms with van der Waals surface area (Å²) in [4.78, 5) is 12.2. The van der Waals surface area contributed by atoms with Crippen molar-refractivity contribution in [3.63, 3.8) is 0 Å². The Labute approximate surface area is 128 Å². The van der Waals surface area contributed by atoms with E-state index in [0.29, 0.717) is 16.5 Å². The van der Waals surface area contributed by atoms with Gasteiger partial charge in [-0.1, -0.05) is 49.9 Å². The summed E-state index contributed by atoms with van der Waals surface area (Å²) in [6.45, 7) is 5.33. The van der Waals surface area contributed by atoms with Crippen LogP contribution in [0.3, 0.4) is 0 Å². The highest BCUT2D eigenvalue weighted by Gasteiger charge is 2.28. The lowest BCUT2D eigenvalue weighted by Gasteiger charge is -2.26. The van der Waals surface area contributed by atoms with Crippen LogP contribution in [0.4, 0.5) is 5.69 Å². The van der Waals surface area contributed by atoms with Gasteiger partial charge in [0.2, 0.25) is 5.91 Å². The molecule has 0 heterocycles. The number of amides is 1. The monoisotopic (exact) mass is 314 g/mol. The maximum Gasteiger partial charge on any atom is 0.246 e. The molecule has 0 fully saturated rings. The number of ether oxygens (including phenoxy) is 1. The molecule has 0 aliphatic carbocycles. The molecule has 2 N–H and O–H groups in total. The molecule has 0 saturated carbocycles. The van der Waals surface area contributed by atoms with E-state index in [0.717, 1.165) is 5.01 Å². The van der Waals surface area contributed by atoms with Crippen LogP contribution in [0.15, 0.2) is 12.1 Å². The molecule has 20 heavy (non-hydrogen) atoms. The Morgan fingerprint density at radius 3 is 2.50 bits per heavy atom. The Kier molecular flexibility index (Phi) is 5.29. The molecular formula is C14H16Cl2N2O2. The van der Waals surface area contributed by atoms with E-state index in [1.807, 2.05) is 0 Å². The van der Waals surface area contributed by atoms with Gasteiger partial charge in [-0.15, -0.1) is 6.42 Å². The van der Waals surface area contributed by atoms with Gasteiger partial charge >= 0.3 is 0 Å². The highest BCUT2D eigenvalue weighted by atomic mass is 35.5. The van der Waals surface area contributed by atoms with Gasteiger partial charge in [-0.3, -0.25) is 4.79 Å². The second-order valence-corrected chi connectivity index (χ2v) is 5.97. The summed E-state index contributed by atoms with van der Waals surface area (Å²) < 4.78 is 5.28. The highest BCUT2D eigenvalue weighted by molar-refractivity contribution is 6.37. The van der Waals surface area contributed by atoms with E-state index in [1.165, 1.54) is 12.1 Å². The summed E-state index contributed by atoms with van der Waals surface area (Å²) in [5.41, 5.74) is -0.333. The Morgan fingerprint density at radius 1 is 1.40 bits per heavy atom. The minimum atomic E-state index is -0.641. The fourth-order valence-corrected chi connectivity index (χ4v) is 1.93. The lowest BCUT2D eigenvalue weighted by Crippen LogP contribution is -2.44. The lowest BCUT2D eigenvalue weighted by atomic mass is 9.95. The first-order valence-corrected chi connectivity index (χ1v) is 6.58. The SMILES string of the molecule is C#CCOc1cc(N(N)C(=O)C(C)(C)C)c(Cl)cc1Cl. The van der Waals surface area contributed by atoms with Crippen molar-refractivity contribution in [1.29, 1.82) is 0 Å². The molecule has 0 aliphatic rings. The molecule has 1 amide bonds. The molecule has 4 nitrogen and oxygen atoms in total. The number of nitrogens with zero attached hydrogens (tertiary/aromatic N) is 1. The first-order valence-electron chi connectivity index (χ1n) is 5.83. The number of carbonyl (C=O) groups excluding carboxylic acids is 1. The summed E-state index contributed by atoms with van der Waals surface area (Å²) in [7, 11) is 0. The molecule has 1 aromatic carbocycles. The van der Waals surface area contributed by atoms with Crippen molar-refractivity contribution in [2.45, 2.75) is 20.8 Å². The number of carbonyl (C=O) groups is 1. The molecular weight excluding hydrogens is 299 g/mol. The number of hydrogen-bond donors (Lipinski definition) is 1. The largest absolute Gasteiger partial charge is 0.479 e. The topological polar surface area (TPSA) is 55.6 Å². The zero-order chi connectivity index (χ0) is 15.5. The van der Waals surface area contributed by atoms with Crippen LogP contribution in [0, 0.1) is 17.8 Å². The molecule has 0 atom stereocenters. The molecule has 1 rings (SSSR count). The predicted molar refractivity (Wildman–Crippen MR) is 81.9 cm³/mol. The Hall–Kier alpha value is -1.41. The van der Waals surface area contributed by atoms with Crippen molar-refractivity contribution in [3.8, 4) is 18.1 Å². The molecule has 0 unspecified atom stereocenters. The smallest absolute Gasteiger partial charge is 0.246 e. The summed E-state index contributed by atoms with van der Waals surface area (Å²) >= 11 is 12.1. The third-order valence-corrected chi connectivity index (χ3v) is 3.03. The number of terminal acetylenes is 1. The van der Waals surface area contributed by atoms with Crippen LogP contribution < -0.4 is 15.6 Å². The summed E-state index contributed by atoms with van der Waals surface area (Å²) in [6, 6.07) is 2.95. The first-order chi connectivity index (χ1) is 9.18. The van der Waals surface area contributed by atoms with Gasteiger partial charge in [0.25, 0.3) is 0 Å². The van der Waals surface area contributed by atoms with Gasteiger partial charge in [-0.2, -0.15) is 0 Å². The van der Waals surface area contributed by atoms with E-state index in [-0.39, 0.29) is 17.5 Å². The number of nitrogens with two attached hydrogens (primary N) is 1. The van der Waals surface area contributed by atoms with E-state index in [9.17, 15) is 4.79 Å². The Morgan fingerprint density at radius 2 is 2.00 bits per heavy atom. The normalized spacial score (nSPS) is 10.8. The van der Waals surface area contributed by atoms with E-state index < -0.39 is 5.41 Å². The second-order valence-electron chi connectivity index (χ2n) is 5.15. The van der Waals surface area contributed by atoms with Crippen molar-refractivity contribution in [2.24, 2.45) is 11.3 Å². The predicted octanol–water partition coefficient (Wildman–Crippen LogP) is 3.26. The van der Waals surface area contributed by atoms with E-state index >= 15 is 0 Å². The van der Waals surface area contributed by atoms with Gasteiger partial charge in [-0.05, 0) is 6.07 Å². The van der Waals surface area contributed by atoms with Gasteiger partial charge < -0.3 is 4.74 Å². The van der Waals surface area contributed by atoms with Gasteiger partial charge in [0.05, 0.1) is 15.7 Å². The van der Waals surface area contributed by atoms with Crippen LogP contribution in [0.1, 0.15) is 20.8 Å². The van der Waals surface area contributed by atoms with E-state index in [4.69, 9.17) is 40.2 Å². The van der Waals surface area contributed by atoms with Crippen LogP contribution in [-0.4, -0.2) is 12.5 Å². The number of benzene rings is 1. The Bertz CT molecular complexity index is 560. The third-order valence-electron chi connectivity index (χ3n) is 2.43. The minimum absolute atomic E-state index is 0.0541. The minimum Gasteiger partial charge on any atom is -0.479 e. The molecule has 0 radical (unpaired) electrons. The zero-order valence-electron chi connectivity index (χ0n) is 11.5. The van der Waals surface area contributed by atoms with Crippen LogP contribution in [-0.2, 0) is 4.79 Å². The molecule has 0 aliphatic heterocycles. The van der Waals surface area contributed by atoms with Crippen LogP contribution in [0.5, 0.6) is 5.75 Å². The second kappa shape index (κ2) is 6.36. The number of anilines is 1. The van der Waals surface area contributed by atoms with Crippen molar-refractivity contribution in [3.05, 3.63) is 22.2 Å². The van der Waals surface area contributed by atoms with Crippen LogP contribution >= 0.6 is 23.2 Å². The quantitative estimate of drug-likeness (QED) is 0.403. The van der Waals surface area contributed by atoms with Crippen LogP contribution in [0.2, 0.25) is 10.0 Å². The highest BCUT2D eigenvalue weighted by Crippen LogP contribution is 2.36. The van der Waals surface area contributed by atoms with Crippen molar-refractivity contribution >= 4 is 34.8 Å². The number of hydrazine groups is 1. The van der Waals surface area contributed by atoms with Gasteiger partial charge in [0.15, 0.2) is 0 Å². The summed E-state index contributed by atoms with van der Waals surface area (Å²) in [6.07, 6.45) is 5.13. The Balaban J connectivity index is 3.18. The average Bonchev–Trinajstić information content (AvgIpc) is 2.35. The summed E-state index contributed by atoms with van der Waals surface area (Å²) in [5, 5.41) is 1.54. The van der Waals surface area contributed by atoms with Crippen molar-refractivity contribution in [2.75, 3.05) is 11.6 Å². The van der Waals surface area contributed by atoms with E-state index in [1.54, 1.807) is 20.8 Å². The summed E-state index contributed by atoms with van der Waals surface area (Å²) in [5.74, 6) is 8.19. The van der Waals surface area contributed by atoms with Crippen LogP contribution in [0.25, 0.3) is 0 Å². The zero-order valence-corrected chi connectivity index (χ0v) is 13.0. The molecule has 108 valence electrons. The molecule has 1 aromatic rings. The van der Waals surface area contributed by atoms with E-state index in [2.05, 4.69) is 5.92 Å². The fourth-order valence-electron chi connectivity index (χ4n) is 1.40. The fraction of sp³-hybridized carbons (Fsp3) is 0.357. The maximum atomic E-state index is 12.2. The number of halogens is 2. The third kappa shape index (κ3) is 3.80. The molecule has 0 spiro atoms. The number of hydrogen-bond acceptors (Lipinski definition) is 3. The molecule has 0 aromatic heterocycles. The van der Waals surface area contributed by atoms with Crippen molar-refractivity contribution < 1.29 is 9.53 Å². The molecule has 0 bridgehead atoms. The molecule has 0 saturated heterocycles. The lowest BCUT2D eigenvalue weighted by molar-refractivity contribution is -0.125. The van der Waals surface area contributed by atoms with Crippen molar-refractivity contribution in [1.82, 2.24) is 0 Å². The van der Waals surface area contributed by atoms with Gasteiger partial charge in [-0.25, -0.2) is 10.9 Å². The van der Waals surface area contributed by atoms with Gasteiger partial charge in [0, 0.05) is 11.5 Å².